The van der Waals surface area contributed by atoms with Gasteiger partial charge in [0.05, 0.1) is 16.4 Å². The lowest BCUT2D eigenvalue weighted by atomic mass is 10.1. The van der Waals surface area contributed by atoms with Crippen molar-refractivity contribution in [2.75, 3.05) is 6.54 Å². The van der Waals surface area contributed by atoms with Crippen LogP contribution in [-0.2, 0) is 6.54 Å². The number of aromatic amines is 2. The fraction of sp³-hybridized carbons (Fsp3) is 0.233. The molecule has 1 aliphatic carbocycles. The fourth-order valence-electron chi connectivity index (χ4n) is 5.53. The molecule has 0 saturated heterocycles. The first kappa shape index (κ1) is 22.7. The van der Waals surface area contributed by atoms with Crippen LogP contribution < -0.4 is 5.32 Å². The molecular weight excluding hydrogens is 472 g/mol. The summed E-state index contributed by atoms with van der Waals surface area (Å²) in [4.78, 5) is 21.7. The van der Waals surface area contributed by atoms with Crippen LogP contribution in [0.3, 0.4) is 0 Å². The van der Waals surface area contributed by atoms with Gasteiger partial charge in [-0.1, -0.05) is 25.0 Å². The van der Waals surface area contributed by atoms with Crippen LogP contribution in [-0.4, -0.2) is 41.7 Å². The van der Waals surface area contributed by atoms with E-state index in [-0.39, 0.29) is 0 Å². The first-order chi connectivity index (χ1) is 18.8. The minimum absolute atomic E-state index is 0.703. The summed E-state index contributed by atoms with van der Waals surface area (Å²) in [6.45, 7) is 1.90. The number of rotatable bonds is 7. The van der Waals surface area contributed by atoms with Crippen LogP contribution in [0, 0.1) is 5.92 Å². The highest BCUT2D eigenvalue weighted by Crippen LogP contribution is 2.32. The van der Waals surface area contributed by atoms with Gasteiger partial charge in [-0.2, -0.15) is 5.10 Å². The topological polar surface area (TPSA) is 108 Å². The predicted molar refractivity (Wildman–Crippen MR) is 149 cm³/mol. The van der Waals surface area contributed by atoms with Gasteiger partial charge in [0.1, 0.15) is 5.69 Å². The van der Waals surface area contributed by atoms with E-state index < -0.39 is 0 Å². The minimum Gasteiger partial charge on any atom is -0.337 e. The predicted octanol–water partition coefficient (Wildman–Crippen LogP) is 5.91. The van der Waals surface area contributed by atoms with E-state index in [1.54, 1.807) is 12.4 Å². The van der Waals surface area contributed by atoms with Gasteiger partial charge >= 0.3 is 0 Å². The number of hydrogen-bond donors (Lipinski definition) is 3. The molecule has 1 saturated carbocycles. The van der Waals surface area contributed by atoms with Crippen LogP contribution in [0.25, 0.3) is 55.8 Å². The molecule has 1 fully saturated rings. The Morgan fingerprint density at radius 1 is 0.895 bits per heavy atom. The molecule has 8 heteroatoms. The van der Waals surface area contributed by atoms with E-state index in [1.807, 2.05) is 42.9 Å². The molecule has 1 aliphatic rings. The summed E-state index contributed by atoms with van der Waals surface area (Å²) >= 11 is 0. The Labute approximate surface area is 220 Å². The summed E-state index contributed by atoms with van der Waals surface area (Å²) in [6.07, 6.45) is 14.7. The lowest BCUT2D eigenvalue weighted by Gasteiger charge is -2.11. The highest BCUT2D eigenvalue weighted by Gasteiger charge is 2.17. The molecule has 7 rings (SSSR count). The van der Waals surface area contributed by atoms with E-state index in [4.69, 9.17) is 4.98 Å². The standard InChI is InChI=1S/C30H28N8/c1-2-5-19(4-1)14-32-15-20-12-22(17-33-16-20)23-13-25-28(37-38-29(25)34-18-23)30-35-26-7-3-6-24(27(26)36-30)21-8-10-31-11-9-21/h3,6-13,16-19,32H,1-2,4-5,14-15H2,(H,35,36)(H,34,37,38). The summed E-state index contributed by atoms with van der Waals surface area (Å²) in [5.74, 6) is 1.52. The molecule has 5 aromatic heterocycles. The van der Waals surface area contributed by atoms with Crippen molar-refractivity contribution in [2.24, 2.45) is 5.92 Å². The number of pyridine rings is 3. The average molecular weight is 501 g/mol. The van der Waals surface area contributed by atoms with Gasteiger partial charge in [-0.05, 0) is 66.8 Å². The van der Waals surface area contributed by atoms with Crippen LogP contribution in [0.5, 0.6) is 0 Å². The smallest absolute Gasteiger partial charge is 0.159 e. The quantitative estimate of drug-likeness (QED) is 0.252. The van der Waals surface area contributed by atoms with Gasteiger partial charge < -0.3 is 10.3 Å². The van der Waals surface area contributed by atoms with Gasteiger partial charge in [0.2, 0.25) is 0 Å². The molecule has 5 heterocycles. The Morgan fingerprint density at radius 3 is 2.66 bits per heavy atom. The number of imidazole rings is 1. The molecule has 0 bridgehead atoms. The van der Waals surface area contributed by atoms with Crippen LogP contribution in [0.2, 0.25) is 0 Å². The molecule has 188 valence electrons. The fourth-order valence-corrected chi connectivity index (χ4v) is 5.53. The van der Waals surface area contributed by atoms with Crippen LogP contribution in [0.1, 0.15) is 31.2 Å². The zero-order valence-electron chi connectivity index (χ0n) is 21.0. The summed E-state index contributed by atoms with van der Waals surface area (Å²) in [5, 5.41) is 12.2. The van der Waals surface area contributed by atoms with Gasteiger partial charge in [0, 0.05) is 54.2 Å². The molecule has 6 aromatic rings. The monoisotopic (exact) mass is 500 g/mol. The normalized spacial score (nSPS) is 14.1. The maximum absolute atomic E-state index is 4.96. The van der Waals surface area contributed by atoms with Crippen molar-refractivity contribution in [1.29, 1.82) is 0 Å². The van der Waals surface area contributed by atoms with Gasteiger partial charge in [0.15, 0.2) is 11.5 Å². The van der Waals surface area contributed by atoms with Crippen molar-refractivity contribution in [3.8, 4) is 33.8 Å². The van der Waals surface area contributed by atoms with E-state index in [0.717, 1.165) is 69.0 Å². The third kappa shape index (κ3) is 4.33. The second-order valence-electron chi connectivity index (χ2n) is 10.1. The molecule has 0 unspecified atom stereocenters. The van der Waals surface area contributed by atoms with Crippen molar-refractivity contribution in [1.82, 2.24) is 40.4 Å². The Hall–Kier alpha value is -4.43. The highest BCUT2D eigenvalue weighted by molar-refractivity contribution is 5.97. The van der Waals surface area contributed by atoms with Crippen molar-refractivity contribution in [3.63, 3.8) is 0 Å². The molecule has 1 aromatic carbocycles. The van der Waals surface area contributed by atoms with E-state index in [2.05, 4.69) is 53.6 Å². The van der Waals surface area contributed by atoms with Gasteiger partial charge in [0.25, 0.3) is 0 Å². The Kier molecular flexibility index (Phi) is 5.86. The molecule has 8 nitrogen and oxygen atoms in total. The molecule has 0 aliphatic heterocycles. The van der Waals surface area contributed by atoms with E-state index in [1.165, 1.54) is 31.2 Å². The largest absolute Gasteiger partial charge is 0.337 e. The number of nitrogens with one attached hydrogen (secondary N) is 3. The number of para-hydroxylation sites is 1. The number of benzene rings is 1. The lowest BCUT2D eigenvalue weighted by molar-refractivity contribution is 0.489. The average Bonchev–Trinajstić information content (AvgIpc) is 3.73. The molecule has 3 N–H and O–H groups in total. The van der Waals surface area contributed by atoms with Crippen molar-refractivity contribution in [2.45, 2.75) is 32.2 Å². The summed E-state index contributed by atoms with van der Waals surface area (Å²) in [7, 11) is 0. The summed E-state index contributed by atoms with van der Waals surface area (Å²) in [6, 6.07) is 14.4. The third-order valence-corrected chi connectivity index (χ3v) is 7.51. The van der Waals surface area contributed by atoms with E-state index in [9.17, 15) is 0 Å². The Bertz CT molecular complexity index is 1710. The lowest BCUT2D eigenvalue weighted by Crippen LogP contribution is -2.20. The van der Waals surface area contributed by atoms with Crippen LogP contribution in [0.4, 0.5) is 0 Å². The maximum Gasteiger partial charge on any atom is 0.159 e. The highest BCUT2D eigenvalue weighted by atomic mass is 15.2. The van der Waals surface area contributed by atoms with Crippen molar-refractivity contribution in [3.05, 3.63) is 79.0 Å². The summed E-state index contributed by atoms with van der Waals surface area (Å²) < 4.78 is 0. The molecule has 0 atom stereocenters. The van der Waals surface area contributed by atoms with Crippen LogP contribution in [0.15, 0.2) is 73.4 Å². The molecule has 0 radical (unpaired) electrons. The van der Waals surface area contributed by atoms with Gasteiger partial charge in [-0.3, -0.25) is 15.1 Å². The number of hydrogen-bond acceptors (Lipinski definition) is 6. The number of fused-ring (bicyclic) bond motifs is 2. The zero-order valence-corrected chi connectivity index (χ0v) is 21.0. The second-order valence-corrected chi connectivity index (χ2v) is 10.1. The minimum atomic E-state index is 0.703. The zero-order chi connectivity index (χ0) is 25.3. The Balaban J connectivity index is 1.20. The van der Waals surface area contributed by atoms with Crippen molar-refractivity contribution >= 4 is 22.1 Å². The number of aromatic nitrogens is 7. The molecular formula is C30H28N8. The van der Waals surface area contributed by atoms with Gasteiger partial charge in [-0.25, -0.2) is 9.97 Å². The SMILES string of the molecule is c1cc(-c2ccncc2)c2nc(-c3n[nH]c4ncc(-c5cncc(CNCC6CCCC6)c5)cc34)[nH]c2c1. The van der Waals surface area contributed by atoms with Gasteiger partial charge in [-0.15, -0.1) is 0 Å². The second kappa shape index (κ2) is 9.79. The Morgan fingerprint density at radius 2 is 1.76 bits per heavy atom. The molecule has 38 heavy (non-hydrogen) atoms. The first-order valence-electron chi connectivity index (χ1n) is 13.2. The molecule has 0 spiro atoms. The maximum atomic E-state index is 4.96. The summed E-state index contributed by atoms with van der Waals surface area (Å²) in [5.41, 5.74) is 8.66. The molecule has 0 amide bonds. The van der Waals surface area contributed by atoms with E-state index >= 15 is 0 Å². The van der Waals surface area contributed by atoms with E-state index in [0.29, 0.717) is 5.82 Å². The third-order valence-electron chi connectivity index (χ3n) is 7.51. The number of H-pyrrole nitrogens is 2. The van der Waals surface area contributed by atoms with Crippen LogP contribution >= 0.6 is 0 Å². The van der Waals surface area contributed by atoms with Crippen molar-refractivity contribution < 1.29 is 0 Å². The number of nitrogens with zero attached hydrogens (tertiary/aromatic N) is 5. The first-order valence-corrected chi connectivity index (χ1v) is 13.2.